The van der Waals surface area contributed by atoms with Gasteiger partial charge in [0.15, 0.2) is 0 Å². The summed E-state index contributed by atoms with van der Waals surface area (Å²) in [4.78, 5) is 22.5. The molecule has 0 radical (unpaired) electrons. The monoisotopic (exact) mass is 260 g/mol. The molecule has 0 atom stereocenters. The van der Waals surface area contributed by atoms with Gasteiger partial charge in [0.05, 0.1) is 11.7 Å². The number of nitrogens with zero attached hydrogens (tertiary/aromatic N) is 1. The first-order valence-electron chi connectivity index (χ1n) is 5.40. The molecule has 0 spiro atoms. The van der Waals surface area contributed by atoms with Gasteiger partial charge in [-0.2, -0.15) is 0 Å². The van der Waals surface area contributed by atoms with Gasteiger partial charge < -0.3 is 4.98 Å². The minimum Gasteiger partial charge on any atom is -0.313 e. The Morgan fingerprint density at radius 2 is 2.18 bits per heavy atom. The molecule has 0 saturated heterocycles. The highest BCUT2D eigenvalue weighted by molar-refractivity contribution is 7.19. The summed E-state index contributed by atoms with van der Waals surface area (Å²) in [6.45, 7) is 0. The third kappa shape index (κ3) is 1.21. The molecule has 0 saturated carbocycles. The largest absolute Gasteiger partial charge is 0.313 e. The summed E-state index contributed by atoms with van der Waals surface area (Å²) in [6.07, 6.45) is 3.61. The van der Waals surface area contributed by atoms with Crippen molar-refractivity contribution in [1.82, 2.24) is 9.97 Å². The summed E-state index contributed by atoms with van der Waals surface area (Å²) in [7, 11) is 0. The summed E-state index contributed by atoms with van der Waals surface area (Å²) in [5.41, 5.74) is 2.34. The molecule has 3 aromatic rings. The molecule has 3 aromatic heterocycles. The van der Waals surface area contributed by atoms with E-state index in [9.17, 15) is 4.79 Å². The first-order valence-corrected chi connectivity index (χ1v) is 7.10. The molecule has 17 heavy (non-hydrogen) atoms. The van der Waals surface area contributed by atoms with Crippen molar-refractivity contribution in [3.05, 3.63) is 37.9 Å². The van der Waals surface area contributed by atoms with Crippen LogP contribution in [0.1, 0.15) is 9.75 Å². The Kier molecular flexibility index (Phi) is 1.84. The van der Waals surface area contributed by atoms with Crippen LogP contribution in [0, 0.1) is 0 Å². The van der Waals surface area contributed by atoms with Gasteiger partial charge in [-0.1, -0.05) is 0 Å². The van der Waals surface area contributed by atoms with E-state index in [2.05, 4.69) is 21.4 Å². The van der Waals surface area contributed by atoms with E-state index in [0.717, 1.165) is 28.6 Å². The van der Waals surface area contributed by atoms with E-state index in [1.807, 2.05) is 0 Å². The molecule has 1 aliphatic rings. The topological polar surface area (TPSA) is 45.8 Å². The Morgan fingerprint density at radius 1 is 1.29 bits per heavy atom. The molecule has 0 fully saturated rings. The van der Waals surface area contributed by atoms with Crippen molar-refractivity contribution in [1.29, 1.82) is 0 Å². The van der Waals surface area contributed by atoms with Gasteiger partial charge in [0.2, 0.25) is 0 Å². The lowest BCUT2D eigenvalue weighted by atomic mass is 9.96. The van der Waals surface area contributed by atoms with E-state index in [1.54, 1.807) is 22.7 Å². The van der Waals surface area contributed by atoms with E-state index in [4.69, 9.17) is 0 Å². The lowest BCUT2D eigenvalue weighted by Crippen LogP contribution is -2.07. The van der Waals surface area contributed by atoms with E-state index < -0.39 is 0 Å². The Bertz CT molecular complexity index is 781. The van der Waals surface area contributed by atoms with E-state index in [0.29, 0.717) is 0 Å². The van der Waals surface area contributed by atoms with Crippen LogP contribution in [0.4, 0.5) is 0 Å². The molecule has 0 unspecified atom stereocenters. The van der Waals surface area contributed by atoms with Gasteiger partial charge >= 0.3 is 0 Å². The molecule has 0 bridgehead atoms. The van der Waals surface area contributed by atoms with Crippen LogP contribution >= 0.6 is 22.7 Å². The number of rotatable bonds is 0. The third-order valence-corrected chi connectivity index (χ3v) is 5.30. The predicted octanol–water partition coefficient (Wildman–Crippen LogP) is 2.81. The highest BCUT2D eigenvalue weighted by atomic mass is 32.1. The second-order valence-electron chi connectivity index (χ2n) is 4.07. The quantitative estimate of drug-likeness (QED) is 0.675. The molecule has 1 N–H and O–H groups in total. The maximum Gasteiger partial charge on any atom is 0.260 e. The number of fused-ring (bicyclic) bond motifs is 5. The van der Waals surface area contributed by atoms with Gasteiger partial charge in [-0.15, -0.1) is 22.7 Å². The fourth-order valence-electron chi connectivity index (χ4n) is 2.43. The highest BCUT2D eigenvalue weighted by Gasteiger charge is 2.23. The average molecular weight is 260 g/mol. The normalized spacial score (nSPS) is 13.6. The van der Waals surface area contributed by atoms with Crippen LogP contribution in [0.5, 0.6) is 0 Å². The molecule has 3 heterocycles. The lowest BCUT2D eigenvalue weighted by molar-refractivity contribution is 0.989. The van der Waals surface area contributed by atoms with Crippen LogP contribution in [0.2, 0.25) is 0 Å². The predicted molar refractivity (Wildman–Crippen MR) is 71.0 cm³/mol. The summed E-state index contributed by atoms with van der Waals surface area (Å²) < 4.78 is 0. The van der Waals surface area contributed by atoms with Gasteiger partial charge in [-0.25, -0.2) is 4.98 Å². The molecular weight excluding hydrogens is 252 g/mol. The second-order valence-corrected chi connectivity index (χ2v) is 6.15. The molecule has 0 amide bonds. The first-order chi connectivity index (χ1) is 8.34. The van der Waals surface area contributed by atoms with Crippen molar-refractivity contribution in [2.24, 2.45) is 0 Å². The van der Waals surface area contributed by atoms with Crippen molar-refractivity contribution in [3.63, 3.8) is 0 Å². The first kappa shape index (κ1) is 9.56. The van der Waals surface area contributed by atoms with E-state index >= 15 is 0 Å². The zero-order chi connectivity index (χ0) is 11.4. The lowest BCUT2D eigenvalue weighted by Gasteiger charge is -2.11. The van der Waals surface area contributed by atoms with Gasteiger partial charge in [0.25, 0.3) is 5.56 Å². The summed E-state index contributed by atoms with van der Waals surface area (Å²) in [5, 5.41) is 2.88. The van der Waals surface area contributed by atoms with Gasteiger partial charge in [-0.05, 0) is 29.9 Å². The number of aromatic amines is 1. The molecule has 3 nitrogen and oxygen atoms in total. The number of aryl methyl sites for hydroxylation is 2. The highest BCUT2D eigenvalue weighted by Crippen LogP contribution is 2.43. The number of hydrogen-bond acceptors (Lipinski definition) is 4. The Hall–Kier alpha value is -1.46. The molecule has 5 heteroatoms. The van der Waals surface area contributed by atoms with Gasteiger partial charge in [0.1, 0.15) is 4.83 Å². The zero-order valence-corrected chi connectivity index (χ0v) is 10.5. The van der Waals surface area contributed by atoms with E-state index in [-0.39, 0.29) is 5.56 Å². The van der Waals surface area contributed by atoms with Crippen LogP contribution in [0.3, 0.4) is 0 Å². The van der Waals surface area contributed by atoms with Crippen molar-refractivity contribution in [3.8, 4) is 11.1 Å². The molecule has 0 aliphatic heterocycles. The van der Waals surface area contributed by atoms with Crippen molar-refractivity contribution in [2.75, 3.05) is 0 Å². The van der Waals surface area contributed by atoms with Crippen LogP contribution < -0.4 is 5.56 Å². The van der Waals surface area contributed by atoms with Crippen molar-refractivity contribution in [2.45, 2.75) is 12.8 Å². The number of H-pyrrole nitrogens is 1. The van der Waals surface area contributed by atoms with Crippen molar-refractivity contribution >= 4 is 32.9 Å². The van der Waals surface area contributed by atoms with Crippen LogP contribution in [0.15, 0.2) is 22.6 Å². The number of nitrogens with one attached hydrogen (secondary N) is 1. The van der Waals surface area contributed by atoms with Crippen LogP contribution in [-0.2, 0) is 12.8 Å². The molecule has 84 valence electrons. The Labute approximate surface area is 105 Å². The second kappa shape index (κ2) is 3.27. The number of aromatic nitrogens is 2. The summed E-state index contributed by atoms with van der Waals surface area (Å²) >= 11 is 3.43. The van der Waals surface area contributed by atoms with Gasteiger partial charge in [0, 0.05) is 15.3 Å². The minimum atomic E-state index is -0.0217. The summed E-state index contributed by atoms with van der Waals surface area (Å²) in [6, 6.07) is 2.12. The smallest absolute Gasteiger partial charge is 0.260 e. The van der Waals surface area contributed by atoms with Crippen LogP contribution in [-0.4, -0.2) is 9.97 Å². The Balaban J connectivity index is 2.23. The third-order valence-electron chi connectivity index (χ3n) is 3.16. The van der Waals surface area contributed by atoms with Crippen molar-refractivity contribution < 1.29 is 0 Å². The molecule has 0 aromatic carbocycles. The maximum atomic E-state index is 12.0. The number of hydrogen-bond donors (Lipinski definition) is 1. The fraction of sp³-hybridized carbons (Fsp3) is 0.167. The average Bonchev–Trinajstić information content (AvgIpc) is 2.91. The summed E-state index contributed by atoms with van der Waals surface area (Å²) in [5.74, 6) is 0. The number of thiophene rings is 2. The molecule has 4 rings (SSSR count). The maximum absolute atomic E-state index is 12.0. The Morgan fingerprint density at radius 3 is 3.12 bits per heavy atom. The standard InChI is InChI=1S/C12H8N2OS2/c15-11-10-9-6-3-4-16-7(6)1-2-8(9)17-12(10)14-5-13-11/h3-5H,1-2H2,(H,13,14,15). The fourth-order valence-corrected chi connectivity index (χ4v) is 4.47. The van der Waals surface area contributed by atoms with E-state index in [1.165, 1.54) is 21.6 Å². The zero-order valence-electron chi connectivity index (χ0n) is 8.82. The molecular formula is C12H8N2OS2. The molecule has 1 aliphatic carbocycles. The SMILES string of the molecule is O=c1[nH]cnc2sc3c(c12)-c1ccsc1CC3. The van der Waals surface area contributed by atoms with Crippen LogP contribution in [0.25, 0.3) is 21.3 Å². The minimum absolute atomic E-state index is 0.0217. The van der Waals surface area contributed by atoms with Gasteiger partial charge in [-0.3, -0.25) is 4.79 Å².